The maximum Gasteiger partial charge on any atom is 0.205 e. The average molecular weight is 230 g/mol. The van der Waals surface area contributed by atoms with E-state index in [2.05, 4.69) is 15.1 Å². The second-order valence-electron chi connectivity index (χ2n) is 5.21. The van der Waals surface area contributed by atoms with E-state index in [4.69, 9.17) is 10.3 Å². The lowest BCUT2D eigenvalue weighted by atomic mass is 9.97. The van der Waals surface area contributed by atoms with Crippen LogP contribution in [0.3, 0.4) is 0 Å². The first-order chi connectivity index (χ1) is 8.33. The van der Waals surface area contributed by atoms with Crippen molar-refractivity contribution in [1.82, 2.24) is 15.1 Å². The lowest BCUT2D eigenvalue weighted by Crippen LogP contribution is -2.08. The summed E-state index contributed by atoms with van der Waals surface area (Å²) in [6, 6.07) is 0. The summed E-state index contributed by atoms with van der Waals surface area (Å²) in [4.78, 5) is 9.01. The van der Waals surface area contributed by atoms with E-state index >= 15 is 0 Å². The molecule has 88 valence electrons. The molecule has 2 fully saturated rings. The summed E-state index contributed by atoms with van der Waals surface area (Å²) >= 11 is 0. The number of nitrogen functional groups attached to an aromatic ring is 1. The van der Waals surface area contributed by atoms with Gasteiger partial charge in [-0.1, -0.05) is 5.16 Å². The third kappa shape index (κ3) is 1.49. The molecular weight excluding hydrogens is 216 g/mol. The van der Waals surface area contributed by atoms with Crippen LogP contribution >= 0.6 is 0 Å². The van der Waals surface area contributed by atoms with Crippen molar-refractivity contribution >= 4 is 16.9 Å². The van der Waals surface area contributed by atoms with Gasteiger partial charge in [-0.2, -0.15) is 0 Å². The Morgan fingerprint density at radius 2 is 1.94 bits per heavy atom. The Kier molecular flexibility index (Phi) is 1.76. The minimum atomic E-state index is 0.369. The summed E-state index contributed by atoms with van der Waals surface area (Å²) in [5.74, 6) is 3.43. The SMILES string of the molecule is Nc1noc2cnc(C(C3CC3)C3CC3)nc12. The van der Waals surface area contributed by atoms with Crippen LogP contribution < -0.4 is 5.73 Å². The molecule has 0 spiro atoms. The van der Waals surface area contributed by atoms with Gasteiger partial charge in [0, 0.05) is 5.92 Å². The summed E-state index contributed by atoms with van der Waals surface area (Å²) in [7, 11) is 0. The molecule has 0 amide bonds. The zero-order chi connectivity index (χ0) is 11.4. The van der Waals surface area contributed by atoms with Crippen LogP contribution in [0.15, 0.2) is 10.7 Å². The van der Waals surface area contributed by atoms with Crippen LogP contribution in [0, 0.1) is 11.8 Å². The topological polar surface area (TPSA) is 77.8 Å². The number of nitrogens with two attached hydrogens (primary N) is 1. The van der Waals surface area contributed by atoms with Crippen LogP contribution in [0.1, 0.15) is 37.4 Å². The molecule has 2 aliphatic rings. The van der Waals surface area contributed by atoms with Gasteiger partial charge in [0.15, 0.2) is 11.3 Å². The molecule has 2 aromatic heterocycles. The Balaban J connectivity index is 1.80. The van der Waals surface area contributed by atoms with E-state index in [1.165, 1.54) is 25.7 Å². The Hall–Kier alpha value is -1.65. The highest BCUT2D eigenvalue weighted by atomic mass is 16.5. The zero-order valence-electron chi connectivity index (χ0n) is 9.47. The molecular formula is C12H14N4O. The molecule has 0 bridgehead atoms. The number of hydrogen-bond donors (Lipinski definition) is 1. The Labute approximate surface area is 98.4 Å². The first kappa shape index (κ1) is 9.39. The van der Waals surface area contributed by atoms with Gasteiger partial charge in [0.2, 0.25) is 5.58 Å². The number of anilines is 1. The van der Waals surface area contributed by atoms with E-state index in [0.29, 0.717) is 22.8 Å². The lowest BCUT2D eigenvalue weighted by molar-refractivity contribution is 0.458. The molecule has 0 unspecified atom stereocenters. The maximum atomic E-state index is 5.73. The number of aromatic nitrogens is 3. The first-order valence-electron chi connectivity index (χ1n) is 6.21. The second kappa shape index (κ2) is 3.18. The van der Waals surface area contributed by atoms with Gasteiger partial charge in [-0.15, -0.1) is 0 Å². The van der Waals surface area contributed by atoms with E-state index in [1.807, 2.05) is 0 Å². The monoisotopic (exact) mass is 230 g/mol. The third-order valence-corrected chi connectivity index (χ3v) is 3.82. The fraction of sp³-hybridized carbons (Fsp3) is 0.583. The molecule has 5 heteroatoms. The zero-order valence-corrected chi connectivity index (χ0v) is 9.47. The van der Waals surface area contributed by atoms with E-state index in [0.717, 1.165) is 17.7 Å². The lowest BCUT2D eigenvalue weighted by Gasteiger charge is -2.12. The van der Waals surface area contributed by atoms with Gasteiger partial charge < -0.3 is 10.3 Å². The molecule has 17 heavy (non-hydrogen) atoms. The van der Waals surface area contributed by atoms with Gasteiger partial charge in [-0.05, 0) is 37.5 Å². The van der Waals surface area contributed by atoms with Gasteiger partial charge in [0.05, 0.1) is 6.20 Å². The summed E-state index contributed by atoms with van der Waals surface area (Å²) in [5, 5.41) is 3.72. The van der Waals surface area contributed by atoms with Crippen LogP contribution in [0.2, 0.25) is 0 Å². The molecule has 2 aliphatic carbocycles. The summed E-state index contributed by atoms with van der Waals surface area (Å²) in [6.45, 7) is 0. The molecule has 0 aromatic carbocycles. The van der Waals surface area contributed by atoms with Gasteiger partial charge in [0.1, 0.15) is 5.82 Å². The highest BCUT2D eigenvalue weighted by Gasteiger charge is 2.44. The van der Waals surface area contributed by atoms with Gasteiger partial charge in [-0.25, -0.2) is 9.97 Å². The maximum absolute atomic E-state index is 5.73. The van der Waals surface area contributed by atoms with Crippen molar-refractivity contribution in [3.05, 3.63) is 12.0 Å². The van der Waals surface area contributed by atoms with Crippen molar-refractivity contribution in [2.75, 3.05) is 5.73 Å². The Morgan fingerprint density at radius 3 is 2.59 bits per heavy atom. The highest BCUT2D eigenvalue weighted by Crippen LogP contribution is 2.53. The minimum absolute atomic E-state index is 0.369. The minimum Gasteiger partial charge on any atom is -0.379 e. The quantitative estimate of drug-likeness (QED) is 0.873. The van der Waals surface area contributed by atoms with Crippen LogP contribution in [-0.4, -0.2) is 15.1 Å². The molecule has 0 atom stereocenters. The average Bonchev–Trinajstić information content (AvgIpc) is 3.22. The molecule has 0 radical (unpaired) electrons. The number of rotatable bonds is 3. The normalized spacial score (nSPS) is 20.3. The van der Waals surface area contributed by atoms with Crippen LogP contribution in [0.5, 0.6) is 0 Å². The van der Waals surface area contributed by atoms with E-state index in [1.54, 1.807) is 6.20 Å². The van der Waals surface area contributed by atoms with Crippen LogP contribution in [0.4, 0.5) is 5.82 Å². The summed E-state index contributed by atoms with van der Waals surface area (Å²) < 4.78 is 5.04. The van der Waals surface area contributed by atoms with Crippen molar-refractivity contribution in [3.63, 3.8) is 0 Å². The molecule has 4 rings (SSSR count). The number of hydrogen-bond acceptors (Lipinski definition) is 5. The third-order valence-electron chi connectivity index (χ3n) is 3.82. The molecule has 2 N–H and O–H groups in total. The van der Waals surface area contributed by atoms with Crippen molar-refractivity contribution in [3.8, 4) is 0 Å². The summed E-state index contributed by atoms with van der Waals surface area (Å²) in [6.07, 6.45) is 6.99. The molecule has 2 heterocycles. The fourth-order valence-electron chi connectivity index (χ4n) is 2.65. The van der Waals surface area contributed by atoms with Crippen molar-refractivity contribution < 1.29 is 4.52 Å². The molecule has 0 aliphatic heterocycles. The van der Waals surface area contributed by atoms with Gasteiger partial charge in [-0.3, -0.25) is 0 Å². The van der Waals surface area contributed by atoms with Gasteiger partial charge >= 0.3 is 0 Å². The molecule has 2 aromatic rings. The van der Waals surface area contributed by atoms with Crippen LogP contribution in [-0.2, 0) is 0 Å². The smallest absolute Gasteiger partial charge is 0.205 e. The standard InChI is InChI=1S/C12H14N4O/c13-11-10-8(17-16-11)5-14-12(15-10)9(6-1-2-6)7-3-4-7/h5-7,9H,1-4H2,(H2,13,16). The predicted octanol–water partition coefficient (Wildman–Crippen LogP) is 2.10. The Bertz CT molecular complexity index is 559. The molecule has 5 nitrogen and oxygen atoms in total. The highest BCUT2D eigenvalue weighted by molar-refractivity contribution is 5.81. The second-order valence-corrected chi connectivity index (χ2v) is 5.21. The van der Waals surface area contributed by atoms with Crippen molar-refractivity contribution in [1.29, 1.82) is 0 Å². The van der Waals surface area contributed by atoms with E-state index in [9.17, 15) is 0 Å². The van der Waals surface area contributed by atoms with Crippen LogP contribution in [0.25, 0.3) is 11.1 Å². The summed E-state index contributed by atoms with van der Waals surface area (Å²) in [5.41, 5.74) is 6.98. The van der Waals surface area contributed by atoms with E-state index < -0.39 is 0 Å². The van der Waals surface area contributed by atoms with Gasteiger partial charge in [0.25, 0.3) is 0 Å². The van der Waals surface area contributed by atoms with Crippen molar-refractivity contribution in [2.45, 2.75) is 31.6 Å². The molecule has 2 saturated carbocycles. The van der Waals surface area contributed by atoms with Crippen molar-refractivity contribution in [2.24, 2.45) is 11.8 Å². The first-order valence-corrected chi connectivity index (χ1v) is 6.21. The largest absolute Gasteiger partial charge is 0.379 e. The predicted molar refractivity (Wildman–Crippen MR) is 62.2 cm³/mol. The number of nitrogens with zero attached hydrogens (tertiary/aromatic N) is 3. The number of fused-ring (bicyclic) bond motifs is 1. The van der Waals surface area contributed by atoms with E-state index in [-0.39, 0.29) is 0 Å². The molecule has 0 saturated heterocycles. The fourth-order valence-corrected chi connectivity index (χ4v) is 2.65. The Morgan fingerprint density at radius 1 is 1.24 bits per heavy atom.